The highest BCUT2D eigenvalue weighted by atomic mass is 35.5. The lowest BCUT2D eigenvalue weighted by atomic mass is 10.0. The van der Waals surface area contributed by atoms with Crippen molar-refractivity contribution in [3.8, 4) is 0 Å². The van der Waals surface area contributed by atoms with Crippen LogP contribution < -0.4 is 5.73 Å². The molecule has 1 fully saturated rings. The lowest BCUT2D eigenvalue weighted by Crippen LogP contribution is -2.55. The monoisotopic (exact) mass is 394 g/mol. The van der Waals surface area contributed by atoms with Crippen molar-refractivity contribution < 1.29 is 22.8 Å². The summed E-state index contributed by atoms with van der Waals surface area (Å²) in [5.41, 5.74) is 4.90. The minimum absolute atomic E-state index is 0. The molecule has 1 aliphatic heterocycles. The van der Waals surface area contributed by atoms with Crippen LogP contribution in [0.1, 0.15) is 29.9 Å². The van der Waals surface area contributed by atoms with E-state index in [0.29, 0.717) is 26.2 Å². The summed E-state index contributed by atoms with van der Waals surface area (Å²) in [6.45, 7) is 5.02. The predicted octanol–water partition coefficient (Wildman–Crippen LogP) is 1.79. The number of carbonyl (C=O) groups is 2. The first-order valence-electron chi connectivity index (χ1n) is 7.98. The van der Waals surface area contributed by atoms with E-state index in [0.717, 1.165) is 18.3 Å². The Morgan fingerprint density at radius 1 is 1.12 bits per heavy atom. The van der Waals surface area contributed by atoms with Crippen LogP contribution in [0.4, 0.5) is 13.2 Å². The number of alkyl halides is 3. The molecule has 1 aliphatic rings. The van der Waals surface area contributed by atoms with Crippen LogP contribution in [0.15, 0.2) is 18.3 Å². The number of rotatable bonds is 3. The Kier molecular flexibility index (Phi) is 7.40. The Hall–Kier alpha value is -1.87. The van der Waals surface area contributed by atoms with Crippen molar-refractivity contribution in [2.75, 3.05) is 26.2 Å². The van der Waals surface area contributed by atoms with Gasteiger partial charge in [0.05, 0.1) is 11.6 Å². The molecule has 2 N–H and O–H groups in total. The zero-order chi connectivity index (χ0) is 18.8. The Balaban J connectivity index is 0.00000338. The topological polar surface area (TPSA) is 79.5 Å². The maximum absolute atomic E-state index is 12.5. The number of nitrogens with two attached hydrogens (primary N) is 1. The van der Waals surface area contributed by atoms with Crippen molar-refractivity contribution in [1.82, 2.24) is 14.8 Å². The van der Waals surface area contributed by atoms with Gasteiger partial charge in [-0.1, -0.05) is 13.8 Å². The molecular formula is C16H22ClF3N4O2. The van der Waals surface area contributed by atoms with E-state index in [1.807, 2.05) is 13.8 Å². The molecule has 6 nitrogen and oxygen atoms in total. The van der Waals surface area contributed by atoms with Crippen molar-refractivity contribution in [2.24, 2.45) is 11.7 Å². The summed E-state index contributed by atoms with van der Waals surface area (Å²) < 4.78 is 37.5. The van der Waals surface area contributed by atoms with Crippen LogP contribution in [-0.4, -0.2) is 58.8 Å². The van der Waals surface area contributed by atoms with Crippen LogP contribution in [0, 0.1) is 5.92 Å². The molecule has 0 unspecified atom stereocenters. The van der Waals surface area contributed by atoms with Crippen LogP contribution in [0.3, 0.4) is 0 Å². The van der Waals surface area contributed by atoms with E-state index in [2.05, 4.69) is 4.98 Å². The minimum Gasteiger partial charge on any atom is -0.338 e. The van der Waals surface area contributed by atoms with Crippen LogP contribution in [-0.2, 0) is 11.0 Å². The van der Waals surface area contributed by atoms with E-state index in [-0.39, 0.29) is 29.8 Å². The van der Waals surface area contributed by atoms with E-state index in [1.54, 1.807) is 4.90 Å². The van der Waals surface area contributed by atoms with Crippen LogP contribution in [0.25, 0.3) is 0 Å². The first-order chi connectivity index (χ1) is 11.6. The lowest BCUT2D eigenvalue weighted by molar-refractivity contribution is -0.141. The number of pyridine rings is 1. The average Bonchev–Trinajstić information content (AvgIpc) is 2.59. The maximum Gasteiger partial charge on any atom is 0.433 e. The molecule has 1 saturated heterocycles. The summed E-state index contributed by atoms with van der Waals surface area (Å²) in [5.74, 6) is -0.537. The van der Waals surface area contributed by atoms with Crippen molar-refractivity contribution in [1.29, 1.82) is 0 Å². The third-order valence-electron chi connectivity index (χ3n) is 4.18. The zero-order valence-electron chi connectivity index (χ0n) is 14.5. The number of piperazine rings is 1. The molecule has 0 aliphatic carbocycles. The molecule has 1 aromatic rings. The number of nitrogens with zero attached hydrogens (tertiary/aromatic N) is 3. The summed E-state index contributed by atoms with van der Waals surface area (Å²) in [6, 6.07) is 1.32. The van der Waals surface area contributed by atoms with E-state index in [4.69, 9.17) is 5.73 Å². The van der Waals surface area contributed by atoms with Gasteiger partial charge in [0.2, 0.25) is 5.91 Å². The molecular weight excluding hydrogens is 373 g/mol. The number of hydrogen-bond acceptors (Lipinski definition) is 4. The predicted molar refractivity (Wildman–Crippen MR) is 91.8 cm³/mol. The van der Waals surface area contributed by atoms with Gasteiger partial charge in [-0.15, -0.1) is 12.4 Å². The van der Waals surface area contributed by atoms with E-state index in [9.17, 15) is 22.8 Å². The first kappa shape index (κ1) is 22.2. The molecule has 0 bridgehead atoms. The number of amides is 2. The number of aromatic nitrogens is 1. The molecule has 1 aromatic heterocycles. The molecule has 0 aromatic carbocycles. The van der Waals surface area contributed by atoms with Gasteiger partial charge >= 0.3 is 6.18 Å². The summed E-state index contributed by atoms with van der Waals surface area (Å²) in [4.78, 5) is 31.0. The molecule has 2 rings (SSSR count). The average molecular weight is 395 g/mol. The van der Waals surface area contributed by atoms with Crippen LogP contribution >= 0.6 is 12.4 Å². The largest absolute Gasteiger partial charge is 0.433 e. The second kappa shape index (κ2) is 8.68. The second-order valence-electron chi connectivity index (χ2n) is 6.32. The lowest BCUT2D eigenvalue weighted by Gasteiger charge is -2.36. The number of halogens is 4. The normalized spacial score (nSPS) is 16.3. The zero-order valence-corrected chi connectivity index (χ0v) is 15.3. The van der Waals surface area contributed by atoms with E-state index >= 15 is 0 Å². The first-order valence-corrected chi connectivity index (χ1v) is 7.98. The molecule has 10 heteroatoms. The number of hydrogen-bond donors (Lipinski definition) is 1. The fourth-order valence-electron chi connectivity index (χ4n) is 2.50. The van der Waals surface area contributed by atoms with Crippen LogP contribution in [0.2, 0.25) is 0 Å². The Morgan fingerprint density at radius 2 is 1.65 bits per heavy atom. The second-order valence-corrected chi connectivity index (χ2v) is 6.32. The fraction of sp³-hybridized carbons (Fsp3) is 0.562. The summed E-state index contributed by atoms with van der Waals surface area (Å²) >= 11 is 0. The quantitative estimate of drug-likeness (QED) is 0.847. The van der Waals surface area contributed by atoms with Gasteiger partial charge in [-0.2, -0.15) is 13.2 Å². The van der Waals surface area contributed by atoms with E-state index < -0.39 is 23.8 Å². The molecule has 26 heavy (non-hydrogen) atoms. The summed E-state index contributed by atoms with van der Waals surface area (Å²) in [7, 11) is 0. The molecule has 2 amide bonds. The smallest absolute Gasteiger partial charge is 0.338 e. The van der Waals surface area contributed by atoms with Crippen molar-refractivity contribution in [3.63, 3.8) is 0 Å². The summed E-state index contributed by atoms with van der Waals surface area (Å²) in [5, 5.41) is 0. The van der Waals surface area contributed by atoms with Gasteiger partial charge in [-0.25, -0.2) is 0 Å². The van der Waals surface area contributed by atoms with Gasteiger partial charge in [-0.05, 0) is 18.1 Å². The Labute approximate surface area is 155 Å². The van der Waals surface area contributed by atoms with Gasteiger partial charge in [0.1, 0.15) is 5.69 Å². The highest BCUT2D eigenvalue weighted by Crippen LogP contribution is 2.27. The van der Waals surface area contributed by atoms with Gasteiger partial charge in [0.15, 0.2) is 0 Å². The Bertz CT molecular complexity index is 629. The minimum atomic E-state index is -4.54. The van der Waals surface area contributed by atoms with Gasteiger partial charge < -0.3 is 15.5 Å². The van der Waals surface area contributed by atoms with Crippen molar-refractivity contribution in [3.05, 3.63) is 29.6 Å². The third kappa shape index (κ3) is 5.07. The van der Waals surface area contributed by atoms with Crippen molar-refractivity contribution >= 4 is 24.2 Å². The molecule has 146 valence electrons. The SMILES string of the molecule is CC(C)[C@H](N)C(=O)N1CCN(C(=O)c2ccc(C(F)(F)F)nc2)CC1.Cl. The summed E-state index contributed by atoms with van der Waals surface area (Å²) in [6.07, 6.45) is -3.61. The van der Waals surface area contributed by atoms with Crippen molar-refractivity contribution in [2.45, 2.75) is 26.1 Å². The van der Waals surface area contributed by atoms with Crippen LogP contribution in [0.5, 0.6) is 0 Å². The highest BCUT2D eigenvalue weighted by molar-refractivity contribution is 5.94. The molecule has 2 heterocycles. The third-order valence-corrected chi connectivity index (χ3v) is 4.18. The van der Waals surface area contributed by atoms with Gasteiger partial charge in [-0.3, -0.25) is 14.6 Å². The Morgan fingerprint density at radius 3 is 2.08 bits per heavy atom. The number of carbonyl (C=O) groups excluding carboxylic acids is 2. The standard InChI is InChI=1S/C16H21F3N4O2.ClH/c1-10(2)13(20)15(25)23-7-5-22(6-8-23)14(24)11-3-4-12(21-9-11)16(17,18)19;/h3-4,9-10,13H,5-8,20H2,1-2H3;1H/t13-;/m0./s1. The molecule has 0 spiro atoms. The molecule has 0 saturated carbocycles. The van der Waals surface area contributed by atoms with Gasteiger partial charge in [0, 0.05) is 32.4 Å². The fourth-order valence-corrected chi connectivity index (χ4v) is 2.50. The van der Waals surface area contributed by atoms with E-state index in [1.165, 1.54) is 4.90 Å². The van der Waals surface area contributed by atoms with Gasteiger partial charge in [0.25, 0.3) is 5.91 Å². The highest BCUT2D eigenvalue weighted by Gasteiger charge is 2.33. The molecule has 0 radical (unpaired) electrons. The maximum atomic E-state index is 12.5. The molecule has 1 atom stereocenters.